The summed E-state index contributed by atoms with van der Waals surface area (Å²) in [6, 6.07) is 7.31. The third-order valence-electron chi connectivity index (χ3n) is 2.71. The fourth-order valence-electron chi connectivity index (χ4n) is 1.73. The number of ether oxygens (including phenoxy) is 1. The van der Waals surface area contributed by atoms with Crippen LogP contribution < -0.4 is 0 Å². The number of thiazole rings is 1. The highest BCUT2D eigenvalue weighted by molar-refractivity contribution is 7.16. The molecule has 3 aromatic rings. The predicted octanol–water partition coefficient (Wildman–Crippen LogP) is 3.51. The van der Waals surface area contributed by atoms with E-state index >= 15 is 0 Å². The standard InChI is InChI=1S/C14H10ClN3O3S/c1-8-17-12(18-21-8)7-20-14(19)11-6-16-13(22-11)9-4-2-3-5-10(9)15/h2-6H,7H2,1H3. The summed E-state index contributed by atoms with van der Waals surface area (Å²) >= 11 is 7.33. The summed E-state index contributed by atoms with van der Waals surface area (Å²) in [7, 11) is 0. The number of carbonyl (C=O) groups excluding carboxylic acids is 1. The molecule has 8 heteroatoms. The van der Waals surface area contributed by atoms with Crippen LogP contribution in [0.15, 0.2) is 35.0 Å². The maximum Gasteiger partial charge on any atom is 0.350 e. The molecule has 112 valence electrons. The Morgan fingerprint density at radius 3 is 2.95 bits per heavy atom. The average Bonchev–Trinajstić information content (AvgIpc) is 3.14. The van der Waals surface area contributed by atoms with Crippen LogP contribution in [0, 0.1) is 6.92 Å². The minimum atomic E-state index is -0.488. The topological polar surface area (TPSA) is 78.1 Å². The quantitative estimate of drug-likeness (QED) is 0.679. The van der Waals surface area contributed by atoms with Crippen LogP contribution in [0.4, 0.5) is 0 Å². The summed E-state index contributed by atoms with van der Waals surface area (Å²) in [6.45, 7) is 1.62. The van der Waals surface area contributed by atoms with E-state index in [1.165, 1.54) is 17.5 Å². The van der Waals surface area contributed by atoms with Gasteiger partial charge in [0.2, 0.25) is 11.7 Å². The zero-order valence-corrected chi connectivity index (χ0v) is 13.0. The van der Waals surface area contributed by atoms with Crippen molar-refractivity contribution in [3.63, 3.8) is 0 Å². The monoisotopic (exact) mass is 335 g/mol. The Balaban J connectivity index is 1.70. The van der Waals surface area contributed by atoms with Gasteiger partial charge in [-0.1, -0.05) is 35.0 Å². The van der Waals surface area contributed by atoms with Crippen LogP contribution in [-0.4, -0.2) is 21.1 Å². The number of nitrogens with zero attached hydrogens (tertiary/aromatic N) is 3. The van der Waals surface area contributed by atoms with E-state index in [1.54, 1.807) is 13.0 Å². The molecule has 0 bridgehead atoms. The third kappa shape index (κ3) is 3.15. The molecule has 2 heterocycles. The van der Waals surface area contributed by atoms with Gasteiger partial charge in [0.05, 0.1) is 11.2 Å². The first-order valence-corrected chi connectivity index (χ1v) is 7.50. The molecule has 6 nitrogen and oxygen atoms in total. The molecule has 0 saturated carbocycles. The number of benzene rings is 1. The first-order valence-electron chi connectivity index (χ1n) is 6.30. The first-order chi connectivity index (χ1) is 10.6. The van der Waals surface area contributed by atoms with Crippen molar-refractivity contribution < 1.29 is 14.1 Å². The van der Waals surface area contributed by atoms with Crippen LogP contribution in [0.1, 0.15) is 21.4 Å². The van der Waals surface area contributed by atoms with Gasteiger partial charge in [-0.3, -0.25) is 0 Å². The van der Waals surface area contributed by atoms with Crippen molar-refractivity contribution >= 4 is 28.9 Å². The third-order valence-corrected chi connectivity index (χ3v) is 4.05. The zero-order chi connectivity index (χ0) is 15.5. The van der Waals surface area contributed by atoms with E-state index < -0.39 is 5.97 Å². The SMILES string of the molecule is Cc1nc(COC(=O)c2cnc(-c3ccccc3Cl)s2)no1. The average molecular weight is 336 g/mol. The summed E-state index contributed by atoms with van der Waals surface area (Å²) in [5.74, 6) is 0.254. The fraction of sp³-hybridized carbons (Fsp3) is 0.143. The van der Waals surface area contributed by atoms with Crippen LogP contribution in [0.3, 0.4) is 0 Å². The highest BCUT2D eigenvalue weighted by Gasteiger charge is 2.15. The van der Waals surface area contributed by atoms with Crippen molar-refractivity contribution in [3.05, 3.63) is 52.1 Å². The minimum Gasteiger partial charge on any atom is -0.453 e. The van der Waals surface area contributed by atoms with E-state index in [9.17, 15) is 4.79 Å². The van der Waals surface area contributed by atoms with Crippen molar-refractivity contribution in [1.82, 2.24) is 15.1 Å². The molecule has 2 aromatic heterocycles. The number of hydrogen-bond donors (Lipinski definition) is 0. The molecule has 0 spiro atoms. The smallest absolute Gasteiger partial charge is 0.350 e. The minimum absolute atomic E-state index is 0.0461. The Morgan fingerprint density at radius 2 is 2.23 bits per heavy atom. The Hall–Kier alpha value is -2.25. The molecule has 0 saturated heterocycles. The predicted molar refractivity (Wildman–Crippen MR) is 80.7 cm³/mol. The molecule has 0 aliphatic rings. The maximum atomic E-state index is 12.0. The van der Waals surface area contributed by atoms with Crippen LogP contribution in [0.25, 0.3) is 10.6 Å². The van der Waals surface area contributed by atoms with Crippen LogP contribution in [0.5, 0.6) is 0 Å². The molecule has 0 N–H and O–H groups in total. The largest absolute Gasteiger partial charge is 0.453 e. The Kier molecular flexibility index (Phi) is 4.17. The number of aromatic nitrogens is 3. The number of rotatable bonds is 4. The lowest BCUT2D eigenvalue weighted by atomic mass is 10.2. The molecule has 3 rings (SSSR count). The second kappa shape index (κ2) is 6.25. The molecule has 0 amide bonds. The molecule has 0 radical (unpaired) electrons. The molecule has 0 unspecified atom stereocenters. The van der Waals surface area contributed by atoms with Crippen LogP contribution in [0.2, 0.25) is 5.02 Å². The highest BCUT2D eigenvalue weighted by Crippen LogP contribution is 2.31. The van der Waals surface area contributed by atoms with Crippen LogP contribution >= 0.6 is 22.9 Å². The van der Waals surface area contributed by atoms with E-state index in [2.05, 4.69) is 15.1 Å². The van der Waals surface area contributed by atoms with Crippen molar-refractivity contribution in [3.8, 4) is 10.6 Å². The van der Waals surface area contributed by atoms with Gasteiger partial charge in [0, 0.05) is 12.5 Å². The number of hydrogen-bond acceptors (Lipinski definition) is 7. The summed E-state index contributed by atoms with van der Waals surface area (Å²) in [4.78, 5) is 20.5. The Bertz CT molecular complexity index is 815. The molecule has 1 aromatic carbocycles. The fourth-order valence-corrected chi connectivity index (χ4v) is 2.86. The van der Waals surface area contributed by atoms with Gasteiger partial charge in [0.1, 0.15) is 9.88 Å². The van der Waals surface area contributed by atoms with Gasteiger partial charge in [-0.05, 0) is 6.07 Å². The van der Waals surface area contributed by atoms with Gasteiger partial charge in [-0.2, -0.15) is 4.98 Å². The van der Waals surface area contributed by atoms with Gasteiger partial charge in [0.25, 0.3) is 0 Å². The molecular formula is C14H10ClN3O3S. The Labute approximate surface area is 134 Å². The van der Waals surface area contributed by atoms with Gasteiger partial charge in [0.15, 0.2) is 6.61 Å². The van der Waals surface area contributed by atoms with Crippen molar-refractivity contribution in [2.45, 2.75) is 13.5 Å². The molecule has 0 aliphatic carbocycles. The van der Waals surface area contributed by atoms with E-state index in [0.29, 0.717) is 26.6 Å². The van der Waals surface area contributed by atoms with E-state index in [1.807, 2.05) is 18.2 Å². The molecule has 0 fully saturated rings. The lowest BCUT2D eigenvalue weighted by molar-refractivity contribution is 0.0465. The normalized spacial score (nSPS) is 10.6. The van der Waals surface area contributed by atoms with Crippen molar-refractivity contribution in [1.29, 1.82) is 0 Å². The summed E-state index contributed by atoms with van der Waals surface area (Å²) in [5, 5.41) is 4.90. The van der Waals surface area contributed by atoms with Crippen LogP contribution in [-0.2, 0) is 11.3 Å². The molecular weight excluding hydrogens is 326 g/mol. The molecule has 0 aliphatic heterocycles. The number of carbonyl (C=O) groups is 1. The van der Waals surface area contributed by atoms with Gasteiger partial charge in [-0.15, -0.1) is 11.3 Å². The highest BCUT2D eigenvalue weighted by atomic mass is 35.5. The first kappa shape index (κ1) is 14.7. The zero-order valence-electron chi connectivity index (χ0n) is 11.4. The number of aryl methyl sites for hydroxylation is 1. The lowest BCUT2D eigenvalue weighted by Crippen LogP contribution is -2.04. The van der Waals surface area contributed by atoms with Gasteiger partial charge in [-0.25, -0.2) is 9.78 Å². The lowest BCUT2D eigenvalue weighted by Gasteiger charge is -1.99. The van der Waals surface area contributed by atoms with Gasteiger partial charge >= 0.3 is 5.97 Å². The van der Waals surface area contributed by atoms with Crippen molar-refractivity contribution in [2.24, 2.45) is 0 Å². The van der Waals surface area contributed by atoms with E-state index in [4.69, 9.17) is 20.9 Å². The number of esters is 1. The summed E-state index contributed by atoms with van der Waals surface area (Å²) in [6.07, 6.45) is 1.47. The van der Waals surface area contributed by atoms with Crippen molar-refractivity contribution in [2.75, 3.05) is 0 Å². The van der Waals surface area contributed by atoms with E-state index in [0.717, 1.165) is 5.56 Å². The van der Waals surface area contributed by atoms with E-state index in [-0.39, 0.29) is 6.61 Å². The summed E-state index contributed by atoms with van der Waals surface area (Å²) < 4.78 is 9.92. The van der Waals surface area contributed by atoms with Gasteiger partial charge < -0.3 is 9.26 Å². The number of halogens is 1. The maximum absolute atomic E-state index is 12.0. The second-order valence-electron chi connectivity index (χ2n) is 4.32. The molecule has 0 atom stereocenters. The Morgan fingerprint density at radius 1 is 1.41 bits per heavy atom. The second-order valence-corrected chi connectivity index (χ2v) is 5.75. The molecule has 22 heavy (non-hydrogen) atoms. The summed E-state index contributed by atoms with van der Waals surface area (Å²) in [5.41, 5.74) is 0.780.